The molecule has 3 nitrogen and oxygen atoms in total. The van der Waals surface area contributed by atoms with Crippen LogP contribution in [0.3, 0.4) is 0 Å². The molecule has 72 valence electrons. The lowest BCUT2D eigenvalue weighted by atomic mass is 9.79. The highest BCUT2D eigenvalue weighted by atomic mass is 19.1. The quantitative estimate of drug-likeness (QED) is 0.541. The van der Waals surface area contributed by atoms with Crippen LogP contribution >= 0.6 is 0 Å². The van der Waals surface area contributed by atoms with Crippen molar-refractivity contribution in [3.8, 4) is 0 Å². The maximum Gasteiger partial charge on any atom is 0.488 e. The number of hydrogen-bond donors (Lipinski definition) is 2. The lowest BCUT2D eigenvalue weighted by molar-refractivity contribution is 0.425. The van der Waals surface area contributed by atoms with Crippen molar-refractivity contribution >= 4 is 31.1 Å². The molecular formula is C9H9BFNO2. The van der Waals surface area contributed by atoms with Gasteiger partial charge in [0.2, 0.25) is 0 Å². The molecule has 14 heavy (non-hydrogen) atoms. The van der Waals surface area contributed by atoms with Gasteiger partial charge in [-0.05, 0) is 18.2 Å². The number of halogens is 1. The first-order chi connectivity index (χ1) is 6.60. The zero-order chi connectivity index (χ0) is 10.7. The third-order valence-electron chi connectivity index (χ3n) is 1.79. The van der Waals surface area contributed by atoms with E-state index in [1.807, 2.05) is 0 Å². The van der Waals surface area contributed by atoms with Gasteiger partial charge in [0.15, 0.2) is 0 Å². The van der Waals surface area contributed by atoms with Gasteiger partial charge in [-0.1, -0.05) is 18.7 Å². The van der Waals surface area contributed by atoms with Crippen LogP contribution in [0.25, 0.3) is 6.08 Å². The number of hydrogen-bond acceptors (Lipinski definition) is 3. The molecule has 5 heteroatoms. The third-order valence-corrected chi connectivity index (χ3v) is 1.79. The van der Waals surface area contributed by atoms with E-state index in [1.165, 1.54) is 12.1 Å². The molecule has 0 heterocycles. The maximum atomic E-state index is 13.3. The molecule has 0 aliphatic carbocycles. The van der Waals surface area contributed by atoms with Crippen LogP contribution in [0.2, 0.25) is 0 Å². The predicted octanol–water partition coefficient (Wildman–Crippen LogP) is 0.481. The summed E-state index contributed by atoms with van der Waals surface area (Å²) in [4.78, 5) is 3.48. The van der Waals surface area contributed by atoms with E-state index in [1.54, 1.807) is 0 Å². The summed E-state index contributed by atoms with van der Waals surface area (Å²) < 4.78 is 13.3. The molecule has 0 saturated heterocycles. The fraction of sp³-hybridized carbons (Fsp3) is 0. The zero-order valence-electron chi connectivity index (χ0n) is 7.44. The molecule has 0 bridgehead atoms. The van der Waals surface area contributed by atoms with Gasteiger partial charge in [0.1, 0.15) is 11.5 Å². The molecule has 0 saturated carbocycles. The van der Waals surface area contributed by atoms with Gasteiger partial charge in [-0.3, -0.25) is 4.99 Å². The molecule has 0 spiro atoms. The normalized spacial score (nSPS) is 9.64. The Kier molecular flexibility index (Phi) is 3.16. The van der Waals surface area contributed by atoms with E-state index in [4.69, 9.17) is 10.0 Å². The molecule has 1 aromatic rings. The van der Waals surface area contributed by atoms with Crippen molar-refractivity contribution in [1.29, 1.82) is 0 Å². The summed E-state index contributed by atoms with van der Waals surface area (Å²) in [7, 11) is -1.71. The second kappa shape index (κ2) is 4.17. The van der Waals surface area contributed by atoms with Gasteiger partial charge in [0, 0.05) is 5.56 Å². The fourth-order valence-electron chi connectivity index (χ4n) is 1.11. The van der Waals surface area contributed by atoms with E-state index in [0.717, 1.165) is 6.07 Å². The average molecular weight is 193 g/mol. The summed E-state index contributed by atoms with van der Waals surface area (Å²) in [6.07, 6.45) is 1.37. The Labute approximate surface area is 81.4 Å². The minimum absolute atomic E-state index is 0.0596. The Morgan fingerprint density at radius 3 is 2.50 bits per heavy atom. The molecule has 1 aromatic carbocycles. The first kappa shape index (κ1) is 10.6. The van der Waals surface area contributed by atoms with Gasteiger partial charge in [-0.2, -0.15) is 0 Å². The maximum absolute atomic E-state index is 13.3. The van der Waals surface area contributed by atoms with Gasteiger partial charge in [-0.25, -0.2) is 4.39 Å². The standard InChI is InChI=1S/C9H9BFNO2/c1-3-6-4-7(10(13)14)5-8(11)9(6)12-2/h3-5,13-14H,1-2H2. The molecule has 0 aliphatic heterocycles. The number of benzene rings is 1. The van der Waals surface area contributed by atoms with Crippen LogP contribution in [0.15, 0.2) is 23.7 Å². The largest absolute Gasteiger partial charge is 0.488 e. The summed E-state index contributed by atoms with van der Waals surface area (Å²) in [6, 6.07) is 2.40. The zero-order valence-corrected chi connectivity index (χ0v) is 7.44. The van der Waals surface area contributed by atoms with Gasteiger partial charge < -0.3 is 10.0 Å². The molecular weight excluding hydrogens is 184 g/mol. The monoisotopic (exact) mass is 193 g/mol. The second-order valence-electron chi connectivity index (χ2n) is 2.68. The van der Waals surface area contributed by atoms with Crippen LogP contribution in [0.4, 0.5) is 10.1 Å². The summed E-state index contributed by atoms with van der Waals surface area (Å²) in [5, 5.41) is 17.7. The van der Waals surface area contributed by atoms with Crippen molar-refractivity contribution in [3.63, 3.8) is 0 Å². The SMILES string of the molecule is C=Cc1cc(B(O)O)cc(F)c1N=C. The van der Waals surface area contributed by atoms with Crippen molar-refractivity contribution in [3.05, 3.63) is 30.1 Å². The molecule has 0 aliphatic rings. The van der Waals surface area contributed by atoms with E-state index >= 15 is 0 Å². The van der Waals surface area contributed by atoms with Gasteiger partial charge in [0.25, 0.3) is 0 Å². The van der Waals surface area contributed by atoms with E-state index in [-0.39, 0.29) is 11.2 Å². The number of aliphatic imine (C=N–C) groups is 1. The van der Waals surface area contributed by atoms with E-state index in [2.05, 4.69) is 18.3 Å². The minimum atomic E-state index is -1.71. The van der Waals surface area contributed by atoms with Crippen LogP contribution in [0.5, 0.6) is 0 Å². The Balaban J connectivity index is 3.38. The topological polar surface area (TPSA) is 52.8 Å². The van der Waals surface area contributed by atoms with Crippen LogP contribution in [-0.4, -0.2) is 23.9 Å². The predicted molar refractivity (Wildman–Crippen MR) is 55.5 cm³/mol. The highest BCUT2D eigenvalue weighted by Crippen LogP contribution is 2.22. The Hall–Kier alpha value is -1.46. The molecule has 2 N–H and O–H groups in total. The molecule has 0 aromatic heterocycles. The Morgan fingerprint density at radius 2 is 2.07 bits per heavy atom. The second-order valence-corrected chi connectivity index (χ2v) is 2.68. The molecule has 0 fully saturated rings. The highest BCUT2D eigenvalue weighted by molar-refractivity contribution is 6.58. The first-order valence-corrected chi connectivity index (χ1v) is 3.89. The molecule has 0 radical (unpaired) electrons. The smallest absolute Gasteiger partial charge is 0.423 e. The van der Waals surface area contributed by atoms with Crippen molar-refractivity contribution in [2.75, 3.05) is 0 Å². The van der Waals surface area contributed by atoms with Crippen molar-refractivity contribution in [1.82, 2.24) is 0 Å². The van der Waals surface area contributed by atoms with E-state index in [9.17, 15) is 4.39 Å². The van der Waals surface area contributed by atoms with Crippen LogP contribution in [0.1, 0.15) is 5.56 Å². The lowest BCUT2D eigenvalue weighted by Crippen LogP contribution is -2.30. The van der Waals surface area contributed by atoms with Crippen molar-refractivity contribution in [2.45, 2.75) is 0 Å². The summed E-state index contributed by atoms with van der Waals surface area (Å²) in [5.74, 6) is -0.652. The van der Waals surface area contributed by atoms with Crippen molar-refractivity contribution in [2.24, 2.45) is 4.99 Å². The molecule has 0 amide bonds. The Morgan fingerprint density at radius 1 is 1.43 bits per heavy atom. The van der Waals surface area contributed by atoms with E-state index in [0.29, 0.717) is 5.56 Å². The van der Waals surface area contributed by atoms with Gasteiger partial charge >= 0.3 is 7.12 Å². The summed E-state index contributed by atoms with van der Waals surface area (Å²) in [5.41, 5.74) is 0.498. The lowest BCUT2D eigenvalue weighted by Gasteiger charge is -2.05. The van der Waals surface area contributed by atoms with Gasteiger partial charge in [-0.15, -0.1) is 0 Å². The average Bonchev–Trinajstić information content (AvgIpc) is 2.16. The summed E-state index contributed by atoms with van der Waals surface area (Å²) in [6.45, 7) is 6.68. The van der Waals surface area contributed by atoms with Crippen LogP contribution in [-0.2, 0) is 0 Å². The van der Waals surface area contributed by atoms with Crippen molar-refractivity contribution < 1.29 is 14.4 Å². The minimum Gasteiger partial charge on any atom is -0.423 e. The number of nitrogens with zero attached hydrogens (tertiary/aromatic N) is 1. The molecule has 0 unspecified atom stereocenters. The fourth-order valence-corrected chi connectivity index (χ4v) is 1.11. The van der Waals surface area contributed by atoms with E-state index < -0.39 is 12.9 Å². The molecule has 1 rings (SSSR count). The summed E-state index contributed by atoms with van der Waals surface area (Å²) >= 11 is 0. The Bertz CT molecular complexity index is 379. The number of rotatable bonds is 3. The highest BCUT2D eigenvalue weighted by Gasteiger charge is 2.15. The third kappa shape index (κ3) is 1.89. The first-order valence-electron chi connectivity index (χ1n) is 3.89. The van der Waals surface area contributed by atoms with Gasteiger partial charge in [0.05, 0.1) is 0 Å². The van der Waals surface area contributed by atoms with Crippen LogP contribution in [0, 0.1) is 5.82 Å². The van der Waals surface area contributed by atoms with Crippen LogP contribution < -0.4 is 5.46 Å². The molecule has 0 atom stereocenters.